The fourth-order valence-electron chi connectivity index (χ4n) is 2.16. The number of benzene rings is 1. The van der Waals surface area contributed by atoms with E-state index in [0.717, 1.165) is 11.1 Å². The first kappa shape index (κ1) is 16.7. The second-order valence-corrected chi connectivity index (χ2v) is 6.73. The summed E-state index contributed by atoms with van der Waals surface area (Å²) >= 11 is 7.26. The second kappa shape index (κ2) is 7.19. The highest BCUT2D eigenvalue weighted by Gasteiger charge is 2.19. The molecule has 0 aliphatic heterocycles. The minimum Gasteiger partial charge on any atom is -0.465 e. The van der Waals surface area contributed by atoms with E-state index >= 15 is 0 Å². The number of hydrogen-bond acceptors (Lipinski definition) is 6. The summed E-state index contributed by atoms with van der Waals surface area (Å²) in [4.78, 5) is 20.4. The first-order valence-electron chi connectivity index (χ1n) is 7.38. The topological polar surface area (TPSA) is 69.9 Å². The molecule has 0 spiro atoms. The predicted octanol–water partition coefficient (Wildman–Crippen LogP) is 3.51. The lowest BCUT2D eigenvalue weighted by molar-refractivity contribution is -0.142. The van der Waals surface area contributed by atoms with Crippen LogP contribution in [0.15, 0.2) is 41.8 Å². The number of thioether (sulfide) groups is 1. The van der Waals surface area contributed by atoms with Crippen molar-refractivity contribution in [2.45, 2.75) is 24.1 Å². The maximum absolute atomic E-state index is 11.8. The molecule has 3 aromatic rings. The van der Waals surface area contributed by atoms with Crippen molar-refractivity contribution in [3.05, 3.63) is 41.8 Å². The van der Waals surface area contributed by atoms with E-state index in [9.17, 15) is 4.79 Å². The molecule has 1 unspecified atom stereocenters. The van der Waals surface area contributed by atoms with Crippen molar-refractivity contribution in [1.29, 1.82) is 0 Å². The van der Waals surface area contributed by atoms with Gasteiger partial charge in [-0.15, -0.1) is 0 Å². The van der Waals surface area contributed by atoms with Gasteiger partial charge in [-0.05, 0) is 38.1 Å². The number of halogens is 1. The summed E-state index contributed by atoms with van der Waals surface area (Å²) in [6.07, 6.45) is 3.17. The number of nitrogens with zero attached hydrogens (tertiary/aromatic N) is 4. The Labute approximate surface area is 148 Å². The number of esters is 1. The van der Waals surface area contributed by atoms with E-state index in [2.05, 4.69) is 15.1 Å². The molecule has 8 heteroatoms. The standard InChI is InChI=1S/C16H15ClN4O2S/c1-3-23-16(22)10(2)24-15-13-8-20-21(14(13)18-9-19-15)12-6-4-11(17)5-7-12/h4-10H,3H2,1-2H3. The van der Waals surface area contributed by atoms with Crippen LogP contribution >= 0.6 is 23.4 Å². The van der Waals surface area contributed by atoms with Crippen LogP contribution in [0.25, 0.3) is 16.7 Å². The zero-order valence-electron chi connectivity index (χ0n) is 13.1. The first-order valence-corrected chi connectivity index (χ1v) is 8.64. The first-order chi connectivity index (χ1) is 11.6. The normalized spacial score (nSPS) is 12.3. The van der Waals surface area contributed by atoms with Gasteiger partial charge in [0.15, 0.2) is 5.65 Å². The van der Waals surface area contributed by atoms with Crippen molar-refractivity contribution in [2.75, 3.05) is 6.61 Å². The highest BCUT2D eigenvalue weighted by atomic mass is 35.5. The van der Waals surface area contributed by atoms with Crippen LogP contribution in [0.2, 0.25) is 5.02 Å². The van der Waals surface area contributed by atoms with Gasteiger partial charge in [-0.1, -0.05) is 23.4 Å². The highest BCUT2D eigenvalue weighted by molar-refractivity contribution is 8.00. The van der Waals surface area contributed by atoms with Gasteiger partial charge < -0.3 is 4.74 Å². The van der Waals surface area contributed by atoms with Crippen LogP contribution in [0.4, 0.5) is 0 Å². The number of fused-ring (bicyclic) bond motifs is 1. The SMILES string of the molecule is CCOC(=O)C(C)Sc1ncnc2c1cnn2-c1ccc(Cl)cc1. The second-order valence-electron chi connectivity index (χ2n) is 4.96. The molecule has 0 saturated heterocycles. The van der Waals surface area contributed by atoms with Crippen molar-refractivity contribution in [1.82, 2.24) is 19.7 Å². The molecule has 0 amide bonds. The van der Waals surface area contributed by atoms with Crippen LogP contribution in [-0.2, 0) is 9.53 Å². The zero-order chi connectivity index (χ0) is 17.1. The molecule has 0 radical (unpaired) electrons. The number of carbonyl (C=O) groups excluding carboxylic acids is 1. The van der Waals surface area contributed by atoms with Gasteiger partial charge >= 0.3 is 5.97 Å². The lowest BCUT2D eigenvalue weighted by Gasteiger charge is -2.10. The van der Waals surface area contributed by atoms with E-state index in [-0.39, 0.29) is 11.2 Å². The maximum atomic E-state index is 11.8. The van der Waals surface area contributed by atoms with Gasteiger partial charge in [0, 0.05) is 5.02 Å². The van der Waals surface area contributed by atoms with Gasteiger partial charge in [0.05, 0.1) is 23.9 Å². The Balaban J connectivity index is 1.94. The molecule has 6 nitrogen and oxygen atoms in total. The van der Waals surface area contributed by atoms with Gasteiger partial charge in [0.1, 0.15) is 16.6 Å². The Morgan fingerprint density at radius 2 is 2.08 bits per heavy atom. The van der Waals surface area contributed by atoms with Gasteiger partial charge in [-0.3, -0.25) is 4.79 Å². The van der Waals surface area contributed by atoms with E-state index in [0.29, 0.717) is 22.3 Å². The lowest BCUT2D eigenvalue weighted by Crippen LogP contribution is -2.16. The third-order valence-corrected chi connectivity index (χ3v) is 4.65. The average molecular weight is 363 g/mol. The van der Waals surface area contributed by atoms with Crippen LogP contribution in [0.5, 0.6) is 0 Å². The van der Waals surface area contributed by atoms with E-state index in [4.69, 9.17) is 16.3 Å². The number of ether oxygens (including phenoxy) is 1. The predicted molar refractivity (Wildman–Crippen MR) is 93.6 cm³/mol. The Morgan fingerprint density at radius 3 is 2.79 bits per heavy atom. The molecule has 3 rings (SSSR count). The lowest BCUT2D eigenvalue weighted by atomic mass is 10.3. The van der Waals surface area contributed by atoms with Crippen LogP contribution in [0.3, 0.4) is 0 Å². The average Bonchev–Trinajstić information content (AvgIpc) is 3.01. The molecule has 0 aliphatic rings. The number of rotatable bonds is 5. The molecule has 1 aromatic carbocycles. The third kappa shape index (κ3) is 3.37. The van der Waals surface area contributed by atoms with E-state index in [1.165, 1.54) is 18.1 Å². The maximum Gasteiger partial charge on any atom is 0.319 e. The van der Waals surface area contributed by atoms with Gasteiger partial charge in [0.25, 0.3) is 0 Å². The summed E-state index contributed by atoms with van der Waals surface area (Å²) < 4.78 is 6.75. The molecule has 2 heterocycles. The number of aromatic nitrogens is 4. The molecule has 24 heavy (non-hydrogen) atoms. The molecule has 0 fully saturated rings. The summed E-state index contributed by atoms with van der Waals surface area (Å²) in [6, 6.07) is 7.32. The Bertz CT molecular complexity index is 866. The van der Waals surface area contributed by atoms with E-state index in [1.54, 1.807) is 36.9 Å². The molecule has 0 saturated carbocycles. The van der Waals surface area contributed by atoms with Gasteiger partial charge in [-0.2, -0.15) is 5.10 Å². The highest BCUT2D eigenvalue weighted by Crippen LogP contribution is 2.29. The molecule has 0 N–H and O–H groups in total. The minimum absolute atomic E-state index is 0.264. The van der Waals surface area contributed by atoms with Crippen molar-refractivity contribution >= 4 is 40.4 Å². The zero-order valence-corrected chi connectivity index (χ0v) is 14.7. The van der Waals surface area contributed by atoms with Crippen LogP contribution in [0, 0.1) is 0 Å². The van der Waals surface area contributed by atoms with Crippen molar-refractivity contribution < 1.29 is 9.53 Å². The van der Waals surface area contributed by atoms with E-state index in [1.807, 2.05) is 12.1 Å². The van der Waals surface area contributed by atoms with Crippen molar-refractivity contribution in [2.24, 2.45) is 0 Å². The largest absolute Gasteiger partial charge is 0.465 e. The fraction of sp³-hybridized carbons (Fsp3) is 0.250. The summed E-state index contributed by atoms with van der Waals surface area (Å²) in [5, 5.41) is 6.16. The van der Waals surface area contributed by atoms with Gasteiger partial charge in [0.2, 0.25) is 0 Å². The summed E-state index contributed by atoms with van der Waals surface area (Å²) in [5.74, 6) is -0.264. The van der Waals surface area contributed by atoms with Crippen molar-refractivity contribution in [3.8, 4) is 5.69 Å². The summed E-state index contributed by atoms with van der Waals surface area (Å²) in [6.45, 7) is 3.94. The number of hydrogen-bond donors (Lipinski definition) is 0. The smallest absolute Gasteiger partial charge is 0.319 e. The quantitative estimate of drug-likeness (QED) is 0.393. The van der Waals surface area contributed by atoms with Crippen LogP contribution in [-0.4, -0.2) is 37.6 Å². The Morgan fingerprint density at radius 1 is 1.33 bits per heavy atom. The Hall–Kier alpha value is -2.12. The summed E-state index contributed by atoms with van der Waals surface area (Å²) in [5.41, 5.74) is 1.52. The molecule has 124 valence electrons. The van der Waals surface area contributed by atoms with Gasteiger partial charge in [-0.25, -0.2) is 14.6 Å². The van der Waals surface area contributed by atoms with Crippen molar-refractivity contribution in [3.63, 3.8) is 0 Å². The summed E-state index contributed by atoms with van der Waals surface area (Å²) in [7, 11) is 0. The Kier molecular flexibility index (Phi) is 5.01. The third-order valence-electron chi connectivity index (χ3n) is 3.31. The monoisotopic (exact) mass is 362 g/mol. The fourth-order valence-corrected chi connectivity index (χ4v) is 3.17. The minimum atomic E-state index is -0.359. The van der Waals surface area contributed by atoms with Crippen LogP contribution in [0.1, 0.15) is 13.8 Å². The molecular weight excluding hydrogens is 348 g/mol. The molecule has 0 bridgehead atoms. The van der Waals surface area contributed by atoms with Crippen LogP contribution < -0.4 is 0 Å². The number of carbonyl (C=O) groups is 1. The molecular formula is C16H15ClN4O2S. The van der Waals surface area contributed by atoms with E-state index < -0.39 is 0 Å². The molecule has 0 aliphatic carbocycles. The molecule has 1 atom stereocenters. The molecule has 2 aromatic heterocycles.